The summed E-state index contributed by atoms with van der Waals surface area (Å²) in [7, 11) is -1.39. The van der Waals surface area contributed by atoms with Crippen LogP contribution in [-0.2, 0) is 11.3 Å². The average molecular weight is 234 g/mol. The molecular weight excluding hydrogens is 215 g/mol. The Hall–Kier alpha value is -0.835. The van der Waals surface area contributed by atoms with Crippen LogP contribution < -0.4 is 5.46 Å². The van der Waals surface area contributed by atoms with Gasteiger partial charge in [0, 0.05) is 6.61 Å². The van der Waals surface area contributed by atoms with Crippen LogP contribution in [-0.4, -0.2) is 23.8 Å². The first-order valence-corrected chi connectivity index (χ1v) is 6.28. The molecule has 0 spiro atoms. The average Bonchev–Trinajstić information content (AvgIpc) is 2.83. The van der Waals surface area contributed by atoms with E-state index in [1.807, 2.05) is 12.1 Å². The number of ether oxygens (including phenoxy) is 1. The quantitative estimate of drug-likeness (QED) is 0.749. The van der Waals surface area contributed by atoms with Gasteiger partial charge in [-0.2, -0.15) is 0 Å². The fraction of sp³-hybridized carbons (Fsp3) is 0.538. The van der Waals surface area contributed by atoms with Gasteiger partial charge in [0.15, 0.2) is 0 Å². The van der Waals surface area contributed by atoms with E-state index in [0.29, 0.717) is 12.1 Å². The molecular formula is C13H19BO3. The van der Waals surface area contributed by atoms with E-state index in [0.717, 1.165) is 18.1 Å². The maximum Gasteiger partial charge on any atom is 0.488 e. The standard InChI is InChI=1S/C13H19BO3/c15-14(16)13-7-5-12(6-8-13)10-17-9-11-3-1-2-4-11/h5-8,11,15-16H,1-4,9-10H2. The van der Waals surface area contributed by atoms with Gasteiger partial charge < -0.3 is 14.8 Å². The molecule has 0 unspecified atom stereocenters. The van der Waals surface area contributed by atoms with Crippen molar-refractivity contribution in [2.24, 2.45) is 5.92 Å². The van der Waals surface area contributed by atoms with Crippen molar-refractivity contribution >= 4 is 12.6 Å². The fourth-order valence-corrected chi connectivity index (χ4v) is 2.31. The SMILES string of the molecule is OB(O)c1ccc(COCC2CCCC2)cc1. The van der Waals surface area contributed by atoms with E-state index in [4.69, 9.17) is 14.8 Å². The molecule has 1 aliphatic carbocycles. The summed E-state index contributed by atoms with van der Waals surface area (Å²) in [5, 5.41) is 17.9. The molecule has 0 bridgehead atoms. The Kier molecular flexibility index (Phi) is 4.60. The molecule has 0 atom stereocenters. The zero-order valence-electron chi connectivity index (χ0n) is 10.0. The van der Waals surface area contributed by atoms with E-state index in [1.54, 1.807) is 12.1 Å². The fourth-order valence-electron chi connectivity index (χ4n) is 2.31. The van der Waals surface area contributed by atoms with Crippen molar-refractivity contribution in [3.8, 4) is 0 Å². The van der Waals surface area contributed by atoms with E-state index in [9.17, 15) is 0 Å². The van der Waals surface area contributed by atoms with Crippen molar-refractivity contribution in [1.29, 1.82) is 0 Å². The predicted molar refractivity (Wildman–Crippen MR) is 67.9 cm³/mol. The zero-order valence-corrected chi connectivity index (χ0v) is 10.0. The lowest BCUT2D eigenvalue weighted by Gasteiger charge is -2.10. The highest BCUT2D eigenvalue weighted by Crippen LogP contribution is 2.24. The molecule has 1 fully saturated rings. The van der Waals surface area contributed by atoms with Gasteiger partial charge in [-0.05, 0) is 29.8 Å². The van der Waals surface area contributed by atoms with Crippen LogP contribution in [0.25, 0.3) is 0 Å². The minimum absolute atomic E-state index is 0.518. The van der Waals surface area contributed by atoms with Gasteiger partial charge in [0.2, 0.25) is 0 Å². The van der Waals surface area contributed by atoms with Crippen LogP contribution in [0.1, 0.15) is 31.2 Å². The number of hydrogen-bond donors (Lipinski definition) is 2. The van der Waals surface area contributed by atoms with Crippen LogP contribution in [0.5, 0.6) is 0 Å². The third kappa shape index (κ3) is 3.84. The van der Waals surface area contributed by atoms with Crippen molar-refractivity contribution in [1.82, 2.24) is 0 Å². The molecule has 1 aromatic carbocycles. The highest BCUT2D eigenvalue weighted by Gasteiger charge is 2.15. The smallest absolute Gasteiger partial charge is 0.423 e. The molecule has 2 rings (SSSR count). The maximum absolute atomic E-state index is 8.96. The molecule has 0 aromatic heterocycles. The Labute approximate surface area is 103 Å². The molecule has 4 heteroatoms. The Morgan fingerprint density at radius 3 is 2.35 bits per heavy atom. The lowest BCUT2D eigenvalue weighted by molar-refractivity contribution is 0.0889. The molecule has 17 heavy (non-hydrogen) atoms. The number of rotatable bonds is 5. The molecule has 0 heterocycles. The van der Waals surface area contributed by atoms with Crippen molar-refractivity contribution in [3.63, 3.8) is 0 Å². The second-order valence-corrected chi connectivity index (χ2v) is 4.78. The first-order chi connectivity index (χ1) is 8.25. The number of hydrogen-bond acceptors (Lipinski definition) is 3. The second-order valence-electron chi connectivity index (χ2n) is 4.78. The van der Waals surface area contributed by atoms with E-state index >= 15 is 0 Å². The van der Waals surface area contributed by atoms with E-state index in [-0.39, 0.29) is 0 Å². The predicted octanol–water partition coefficient (Wildman–Crippen LogP) is 1.07. The summed E-state index contributed by atoms with van der Waals surface area (Å²) < 4.78 is 5.68. The highest BCUT2D eigenvalue weighted by molar-refractivity contribution is 6.58. The summed E-state index contributed by atoms with van der Waals surface area (Å²) >= 11 is 0. The first-order valence-electron chi connectivity index (χ1n) is 6.28. The largest absolute Gasteiger partial charge is 0.488 e. The Morgan fingerprint density at radius 1 is 1.12 bits per heavy atom. The summed E-state index contributed by atoms with van der Waals surface area (Å²) in [6, 6.07) is 7.20. The van der Waals surface area contributed by atoms with Gasteiger partial charge in [0.1, 0.15) is 0 Å². The molecule has 1 aliphatic rings. The third-order valence-corrected chi connectivity index (χ3v) is 3.37. The molecule has 0 aliphatic heterocycles. The van der Waals surface area contributed by atoms with Crippen molar-refractivity contribution in [2.45, 2.75) is 32.3 Å². The van der Waals surface area contributed by atoms with E-state index < -0.39 is 7.12 Å². The van der Waals surface area contributed by atoms with Gasteiger partial charge in [0.25, 0.3) is 0 Å². The molecule has 3 nitrogen and oxygen atoms in total. The minimum atomic E-state index is -1.39. The minimum Gasteiger partial charge on any atom is -0.423 e. The van der Waals surface area contributed by atoms with Crippen LogP contribution in [0.2, 0.25) is 0 Å². The first kappa shape index (κ1) is 12.6. The second kappa shape index (κ2) is 6.19. The Bertz CT molecular complexity index is 331. The van der Waals surface area contributed by atoms with E-state index in [1.165, 1.54) is 25.7 Å². The molecule has 0 radical (unpaired) electrons. The van der Waals surface area contributed by atoms with Crippen LogP contribution >= 0.6 is 0 Å². The van der Waals surface area contributed by atoms with Gasteiger partial charge >= 0.3 is 7.12 Å². The Balaban J connectivity index is 1.74. The van der Waals surface area contributed by atoms with Gasteiger partial charge in [-0.1, -0.05) is 37.1 Å². The molecule has 1 aromatic rings. The van der Waals surface area contributed by atoms with Crippen molar-refractivity contribution in [3.05, 3.63) is 29.8 Å². The van der Waals surface area contributed by atoms with Gasteiger partial charge in [-0.25, -0.2) is 0 Å². The van der Waals surface area contributed by atoms with Gasteiger partial charge in [-0.3, -0.25) is 0 Å². The van der Waals surface area contributed by atoms with Crippen LogP contribution in [0.15, 0.2) is 24.3 Å². The third-order valence-electron chi connectivity index (χ3n) is 3.37. The molecule has 1 saturated carbocycles. The summed E-state index contributed by atoms with van der Waals surface area (Å²) in [5.74, 6) is 0.744. The van der Waals surface area contributed by atoms with Crippen LogP contribution in [0, 0.1) is 5.92 Å². The molecule has 92 valence electrons. The monoisotopic (exact) mass is 234 g/mol. The Morgan fingerprint density at radius 2 is 1.76 bits per heavy atom. The summed E-state index contributed by atoms with van der Waals surface area (Å²) in [6.45, 7) is 1.46. The van der Waals surface area contributed by atoms with Crippen LogP contribution in [0.4, 0.5) is 0 Å². The lowest BCUT2D eigenvalue weighted by atomic mass is 9.80. The number of benzene rings is 1. The zero-order chi connectivity index (χ0) is 12.1. The lowest BCUT2D eigenvalue weighted by Crippen LogP contribution is -2.29. The van der Waals surface area contributed by atoms with Gasteiger partial charge in [-0.15, -0.1) is 0 Å². The van der Waals surface area contributed by atoms with Gasteiger partial charge in [0.05, 0.1) is 6.61 Å². The topological polar surface area (TPSA) is 49.7 Å². The molecule has 2 N–H and O–H groups in total. The van der Waals surface area contributed by atoms with Crippen molar-refractivity contribution in [2.75, 3.05) is 6.61 Å². The van der Waals surface area contributed by atoms with E-state index in [2.05, 4.69) is 0 Å². The summed E-state index contributed by atoms with van der Waals surface area (Å²) in [6.07, 6.45) is 5.29. The maximum atomic E-state index is 8.96. The summed E-state index contributed by atoms with van der Waals surface area (Å²) in [4.78, 5) is 0. The highest BCUT2D eigenvalue weighted by atomic mass is 16.5. The normalized spacial score (nSPS) is 16.4. The molecule has 0 saturated heterocycles. The summed E-state index contributed by atoms with van der Waals surface area (Å²) in [5.41, 5.74) is 1.59. The molecule has 0 amide bonds. The van der Waals surface area contributed by atoms with Crippen LogP contribution in [0.3, 0.4) is 0 Å². The van der Waals surface area contributed by atoms with Crippen molar-refractivity contribution < 1.29 is 14.8 Å².